The standard InChI is InChI=1S/C19H21N3O5S/c1-13-10-16(21-27-13)20-17(23)11-26-19(25)14-6-2-3-7-15(14)28-12-18(24)22-8-4-5-9-22/h2-3,6-7,10H,4-5,8-9,11-12H2,1H3,(H,20,21,23). The minimum absolute atomic E-state index is 0.0629. The largest absolute Gasteiger partial charge is 0.452 e. The Morgan fingerprint density at radius 2 is 2.00 bits per heavy atom. The van der Waals surface area contributed by atoms with Crippen LogP contribution in [0.4, 0.5) is 5.82 Å². The first-order valence-electron chi connectivity index (χ1n) is 8.93. The summed E-state index contributed by atoms with van der Waals surface area (Å²) in [5, 5.41) is 6.12. The monoisotopic (exact) mass is 403 g/mol. The molecule has 9 heteroatoms. The highest BCUT2D eigenvalue weighted by molar-refractivity contribution is 8.00. The zero-order valence-corrected chi connectivity index (χ0v) is 16.3. The van der Waals surface area contributed by atoms with Gasteiger partial charge >= 0.3 is 5.97 Å². The van der Waals surface area contributed by atoms with Gasteiger partial charge in [0.05, 0.1) is 11.3 Å². The third kappa shape index (κ3) is 5.35. The van der Waals surface area contributed by atoms with E-state index in [0.717, 1.165) is 25.9 Å². The van der Waals surface area contributed by atoms with Crippen molar-refractivity contribution in [1.29, 1.82) is 0 Å². The van der Waals surface area contributed by atoms with Crippen molar-refractivity contribution in [3.8, 4) is 0 Å². The van der Waals surface area contributed by atoms with Gasteiger partial charge in [-0.3, -0.25) is 9.59 Å². The van der Waals surface area contributed by atoms with Crippen molar-refractivity contribution in [1.82, 2.24) is 10.1 Å². The molecular formula is C19H21N3O5S. The van der Waals surface area contributed by atoms with Crippen LogP contribution in [-0.4, -0.2) is 53.3 Å². The Balaban J connectivity index is 1.53. The quantitative estimate of drug-likeness (QED) is 0.560. The number of hydrogen-bond acceptors (Lipinski definition) is 7. The van der Waals surface area contributed by atoms with Gasteiger partial charge in [-0.25, -0.2) is 4.79 Å². The van der Waals surface area contributed by atoms with Crippen LogP contribution in [0.15, 0.2) is 39.8 Å². The van der Waals surface area contributed by atoms with Crippen LogP contribution in [0, 0.1) is 6.92 Å². The maximum Gasteiger partial charge on any atom is 0.339 e. The number of amides is 2. The van der Waals surface area contributed by atoms with E-state index >= 15 is 0 Å². The lowest BCUT2D eigenvalue weighted by molar-refractivity contribution is -0.127. The summed E-state index contributed by atoms with van der Waals surface area (Å²) >= 11 is 1.29. The first kappa shape index (κ1) is 19.9. The molecule has 0 aliphatic carbocycles. The summed E-state index contributed by atoms with van der Waals surface area (Å²) in [5.41, 5.74) is 0.326. The van der Waals surface area contributed by atoms with Gasteiger partial charge in [-0.2, -0.15) is 0 Å². The van der Waals surface area contributed by atoms with Crippen molar-refractivity contribution in [2.24, 2.45) is 0 Å². The van der Waals surface area contributed by atoms with E-state index in [1.807, 2.05) is 4.90 Å². The molecule has 1 aliphatic rings. The molecule has 1 aromatic carbocycles. The molecule has 0 atom stereocenters. The number of ether oxygens (including phenoxy) is 1. The molecule has 2 aromatic rings. The average Bonchev–Trinajstić information content (AvgIpc) is 3.36. The average molecular weight is 403 g/mol. The van der Waals surface area contributed by atoms with Gasteiger partial charge in [-0.1, -0.05) is 17.3 Å². The van der Waals surface area contributed by atoms with Crippen molar-refractivity contribution < 1.29 is 23.6 Å². The first-order chi connectivity index (χ1) is 13.5. The lowest BCUT2D eigenvalue weighted by Gasteiger charge is -2.15. The summed E-state index contributed by atoms with van der Waals surface area (Å²) in [7, 11) is 0. The van der Waals surface area contributed by atoms with E-state index in [1.165, 1.54) is 11.8 Å². The van der Waals surface area contributed by atoms with Gasteiger partial charge in [0.15, 0.2) is 12.4 Å². The smallest absolute Gasteiger partial charge is 0.339 e. The summed E-state index contributed by atoms with van der Waals surface area (Å²) in [5.74, 6) is -0.000155. The highest BCUT2D eigenvalue weighted by Crippen LogP contribution is 2.24. The summed E-state index contributed by atoms with van der Waals surface area (Å²) in [6, 6.07) is 8.43. The molecule has 2 amide bonds. The molecular weight excluding hydrogens is 382 g/mol. The van der Waals surface area contributed by atoms with E-state index in [0.29, 0.717) is 16.2 Å². The van der Waals surface area contributed by atoms with Crippen LogP contribution in [0.3, 0.4) is 0 Å². The molecule has 3 rings (SSSR count). The maximum atomic E-state index is 12.4. The predicted molar refractivity (Wildman–Crippen MR) is 103 cm³/mol. The number of nitrogens with zero attached hydrogens (tertiary/aromatic N) is 2. The molecule has 1 saturated heterocycles. The van der Waals surface area contributed by atoms with Gasteiger partial charge in [0, 0.05) is 24.1 Å². The first-order valence-corrected chi connectivity index (χ1v) is 9.91. The number of likely N-dealkylation sites (tertiary alicyclic amines) is 1. The maximum absolute atomic E-state index is 12.4. The number of anilines is 1. The number of hydrogen-bond donors (Lipinski definition) is 1. The summed E-state index contributed by atoms with van der Waals surface area (Å²) in [6.45, 7) is 2.84. The number of aromatic nitrogens is 1. The highest BCUT2D eigenvalue weighted by atomic mass is 32.2. The van der Waals surface area contributed by atoms with Crippen molar-refractivity contribution in [3.05, 3.63) is 41.7 Å². The SMILES string of the molecule is Cc1cc(NC(=O)COC(=O)c2ccccc2SCC(=O)N2CCCC2)no1. The van der Waals surface area contributed by atoms with Gasteiger partial charge in [0.25, 0.3) is 5.91 Å². The van der Waals surface area contributed by atoms with E-state index < -0.39 is 18.5 Å². The van der Waals surface area contributed by atoms with Gasteiger partial charge in [0.1, 0.15) is 5.76 Å². The zero-order valence-electron chi connectivity index (χ0n) is 15.5. The molecule has 8 nitrogen and oxygen atoms in total. The summed E-state index contributed by atoms with van der Waals surface area (Å²) in [6.07, 6.45) is 2.07. The number of rotatable bonds is 7. The number of nitrogens with one attached hydrogen (secondary N) is 1. The molecule has 1 aromatic heterocycles. The molecule has 0 unspecified atom stereocenters. The lowest BCUT2D eigenvalue weighted by atomic mass is 10.2. The fraction of sp³-hybridized carbons (Fsp3) is 0.368. The van der Waals surface area contributed by atoms with Crippen molar-refractivity contribution in [2.75, 3.05) is 30.8 Å². The van der Waals surface area contributed by atoms with E-state index in [2.05, 4.69) is 10.5 Å². The van der Waals surface area contributed by atoms with Crippen LogP contribution < -0.4 is 5.32 Å². The summed E-state index contributed by atoms with van der Waals surface area (Å²) in [4.78, 5) is 39.0. The van der Waals surface area contributed by atoms with Crippen LogP contribution in [0.1, 0.15) is 29.0 Å². The molecule has 1 N–H and O–H groups in total. The Hall–Kier alpha value is -2.81. The fourth-order valence-electron chi connectivity index (χ4n) is 2.77. The van der Waals surface area contributed by atoms with Crippen LogP contribution >= 0.6 is 11.8 Å². The van der Waals surface area contributed by atoms with Gasteiger partial charge in [-0.15, -0.1) is 11.8 Å². The Labute approximate surface area is 166 Å². The second kappa shape index (κ2) is 9.41. The Bertz CT molecular complexity index is 861. The van der Waals surface area contributed by atoms with Crippen molar-refractivity contribution >= 4 is 35.4 Å². The molecule has 0 saturated carbocycles. The minimum atomic E-state index is -0.622. The summed E-state index contributed by atoms with van der Waals surface area (Å²) < 4.78 is 9.95. The second-order valence-electron chi connectivity index (χ2n) is 6.32. The third-order valence-corrected chi connectivity index (χ3v) is 5.20. The molecule has 1 aliphatic heterocycles. The molecule has 1 fully saturated rings. The highest BCUT2D eigenvalue weighted by Gasteiger charge is 2.20. The molecule has 0 radical (unpaired) electrons. The number of benzene rings is 1. The van der Waals surface area contributed by atoms with Crippen LogP contribution in [0.5, 0.6) is 0 Å². The van der Waals surface area contributed by atoms with Gasteiger partial charge in [0.2, 0.25) is 5.91 Å². The normalized spacial score (nSPS) is 13.4. The Kier molecular flexibility index (Phi) is 6.70. The van der Waals surface area contributed by atoms with Gasteiger partial charge in [-0.05, 0) is 31.9 Å². The molecule has 2 heterocycles. The second-order valence-corrected chi connectivity index (χ2v) is 7.34. The van der Waals surface area contributed by atoms with Crippen molar-refractivity contribution in [2.45, 2.75) is 24.7 Å². The van der Waals surface area contributed by atoms with Gasteiger partial charge < -0.3 is 19.5 Å². The minimum Gasteiger partial charge on any atom is -0.452 e. The topological polar surface area (TPSA) is 102 Å². The Morgan fingerprint density at radius 3 is 2.71 bits per heavy atom. The lowest BCUT2D eigenvalue weighted by Crippen LogP contribution is -2.29. The predicted octanol–water partition coefficient (Wildman–Crippen LogP) is 2.49. The number of thioether (sulfide) groups is 1. The number of carbonyl (C=O) groups is 3. The van der Waals surface area contributed by atoms with Crippen LogP contribution in [0.25, 0.3) is 0 Å². The number of carbonyl (C=O) groups excluding carboxylic acids is 3. The number of aryl methyl sites for hydroxylation is 1. The fourth-order valence-corrected chi connectivity index (χ4v) is 3.71. The van der Waals surface area contributed by atoms with E-state index in [4.69, 9.17) is 9.26 Å². The third-order valence-electron chi connectivity index (χ3n) is 4.15. The molecule has 28 heavy (non-hydrogen) atoms. The molecule has 148 valence electrons. The molecule has 0 spiro atoms. The van der Waals surface area contributed by atoms with Crippen LogP contribution in [0.2, 0.25) is 0 Å². The number of esters is 1. The van der Waals surface area contributed by atoms with E-state index in [1.54, 1.807) is 37.3 Å². The van der Waals surface area contributed by atoms with E-state index in [-0.39, 0.29) is 17.5 Å². The Morgan fingerprint density at radius 1 is 1.25 bits per heavy atom. The van der Waals surface area contributed by atoms with Crippen molar-refractivity contribution in [3.63, 3.8) is 0 Å². The van der Waals surface area contributed by atoms with E-state index in [9.17, 15) is 14.4 Å². The zero-order chi connectivity index (χ0) is 19.9. The molecule has 0 bridgehead atoms. The van der Waals surface area contributed by atoms with Crippen LogP contribution in [-0.2, 0) is 14.3 Å².